The Morgan fingerprint density at radius 3 is 2.44 bits per heavy atom. The number of nitrogens with zero attached hydrogens (tertiary/aromatic N) is 1. The van der Waals surface area contributed by atoms with Gasteiger partial charge in [-0.15, -0.1) is 0 Å². The first kappa shape index (κ1) is 17.2. The lowest BCUT2D eigenvalue weighted by atomic mass is 10.1. The van der Waals surface area contributed by atoms with Crippen LogP contribution >= 0.6 is 0 Å². The van der Waals surface area contributed by atoms with E-state index in [0.717, 1.165) is 0 Å². The van der Waals surface area contributed by atoms with Gasteiger partial charge in [0.25, 0.3) is 0 Å². The van der Waals surface area contributed by atoms with Gasteiger partial charge in [0.2, 0.25) is 21.2 Å². The summed E-state index contributed by atoms with van der Waals surface area (Å²) in [6, 6.07) is 8.49. The lowest BCUT2D eigenvalue weighted by Gasteiger charge is -2.19. The van der Waals surface area contributed by atoms with Gasteiger partial charge >= 0.3 is 0 Å². The minimum atomic E-state index is -3.53. The highest BCUT2D eigenvalue weighted by atomic mass is 32.2. The Morgan fingerprint density at radius 1 is 1.11 bits per heavy atom. The topological polar surface area (TPSA) is 134 Å². The van der Waals surface area contributed by atoms with E-state index in [4.69, 9.17) is 10.2 Å². The smallest absolute Gasteiger partial charge is 0.235 e. The first-order chi connectivity index (χ1) is 12.8. The average molecular weight is 388 g/mol. The van der Waals surface area contributed by atoms with Crippen molar-refractivity contribution in [3.05, 3.63) is 46.6 Å². The van der Waals surface area contributed by atoms with Crippen molar-refractivity contribution in [2.75, 3.05) is 22.3 Å². The molecule has 1 fully saturated rings. The number of nitrogen functional groups attached to an aromatic ring is 1. The molecule has 1 saturated heterocycles. The summed E-state index contributed by atoms with van der Waals surface area (Å²) in [7, 11) is -3.53. The van der Waals surface area contributed by atoms with Crippen LogP contribution in [0.4, 0.5) is 11.4 Å². The summed E-state index contributed by atoms with van der Waals surface area (Å²) >= 11 is 0. The molecule has 0 atom stereocenters. The van der Waals surface area contributed by atoms with Gasteiger partial charge in [-0.25, -0.2) is 8.42 Å². The lowest BCUT2D eigenvalue weighted by Crippen LogP contribution is -2.25. The zero-order chi connectivity index (χ0) is 19.3. The maximum absolute atomic E-state index is 12.7. The maximum Gasteiger partial charge on any atom is 0.235 e. The Balaban J connectivity index is 2.05. The second kappa shape index (κ2) is 5.92. The molecule has 140 valence electrons. The molecule has 2 aromatic carbocycles. The third-order valence-corrected chi connectivity index (χ3v) is 6.32. The number of phenolic OH excluding ortho intramolecular Hbond substituents is 1. The van der Waals surface area contributed by atoms with Crippen LogP contribution in [0.25, 0.3) is 22.3 Å². The molecule has 9 heteroatoms. The number of aromatic hydroxyl groups is 2. The first-order valence-corrected chi connectivity index (χ1v) is 9.78. The maximum atomic E-state index is 12.7. The zero-order valence-corrected chi connectivity index (χ0v) is 14.9. The molecule has 0 spiro atoms. The van der Waals surface area contributed by atoms with Crippen LogP contribution in [0.2, 0.25) is 0 Å². The van der Waals surface area contributed by atoms with Crippen molar-refractivity contribution < 1.29 is 23.0 Å². The minimum absolute atomic E-state index is 0.00354. The second-order valence-corrected chi connectivity index (χ2v) is 8.33. The van der Waals surface area contributed by atoms with E-state index >= 15 is 0 Å². The van der Waals surface area contributed by atoms with Crippen LogP contribution in [0.5, 0.6) is 11.5 Å². The Morgan fingerprint density at radius 2 is 1.81 bits per heavy atom. The fraction of sp³-hybridized carbons (Fsp3) is 0.167. The van der Waals surface area contributed by atoms with Crippen LogP contribution < -0.4 is 15.5 Å². The molecule has 0 aliphatic carbocycles. The summed E-state index contributed by atoms with van der Waals surface area (Å²) < 4.78 is 31.7. The second-order valence-electron chi connectivity index (χ2n) is 6.31. The molecule has 4 N–H and O–H groups in total. The van der Waals surface area contributed by atoms with Gasteiger partial charge in [0.05, 0.1) is 16.8 Å². The van der Waals surface area contributed by atoms with Crippen molar-refractivity contribution >= 4 is 32.4 Å². The van der Waals surface area contributed by atoms with E-state index in [1.165, 1.54) is 40.7 Å². The fourth-order valence-corrected chi connectivity index (χ4v) is 4.75. The molecule has 0 saturated carbocycles. The first-order valence-electron chi connectivity index (χ1n) is 8.17. The summed E-state index contributed by atoms with van der Waals surface area (Å²) in [6.07, 6.45) is 0.450. The largest absolute Gasteiger partial charge is 0.508 e. The summed E-state index contributed by atoms with van der Waals surface area (Å²) in [4.78, 5) is 12.7. The fourth-order valence-electron chi connectivity index (χ4n) is 3.20. The molecular formula is C18H16N2O6S. The molecular weight excluding hydrogens is 372 g/mol. The minimum Gasteiger partial charge on any atom is -0.508 e. The highest BCUT2D eigenvalue weighted by Gasteiger charge is 2.31. The van der Waals surface area contributed by atoms with Gasteiger partial charge in [0.1, 0.15) is 5.75 Å². The van der Waals surface area contributed by atoms with Crippen LogP contribution in [-0.4, -0.2) is 30.9 Å². The Kier molecular flexibility index (Phi) is 3.77. The van der Waals surface area contributed by atoms with Gasteiger partial charge in [-0.2, -0.15) is 0 Å². The monoisotopic (exact) mass is 388 g/mol. The molecule has 27 heavy (non-hydrogen) atoms. The van der Waals surface area contributed by atoms with Crippen molar-refractivity contribution in [1.29, 1.82) is 0 Å². The highest BCUT2D eigenvalue weighted by Crippen LogP contribution is 2.38. The lowest BCUT2D eigenvalue weighted by molar-refractivity contribution is 0.449. The van der Waals surface area contributed by atoms with Crippen LogP contribution in [0.15, 0.2) is 45.6 Å². The number of rotatable bonds is 2. The van der Waals surface area contributed by atoms with Gasteiger partial charge in [0.15, 0.2) is 11.3 Å². The number of hydrogen-bond donors (Lipinski definition) is 3. The van der Waals surface area contributed by atoms with Crippen LogP contribution in [0.3, 0.4) is 0 Å². The molecule has 2 heterocycles. The SMILES string of the molecule is Nc1cc(N2CCCS2(=O)=O)c2oc(-c3ccc(O)cc3)c(O)c(=O)c2c1. The summed E-state index contributed by atoms with van der Waals surface area (Å²) in [6.45, 7) is 0.250. The van der Waals surface area contributed by atoms with Crippen molar-refractivity contribution in [1.82, 2.24) is 0 Å². The van der Waals surface area contributed by atoms with E-state index in [1.54, 1.807) is 0 Å². The number of sulfonamides is 1. The molecule has 0 radical (unpaired) electrons. The number of hydrogen-bond acceptors (Lipinski definition) is 7. The number of fused-ring (bicyclic) bond motifs is 1. The standard InChI is InChI=1S/C18H16N2O6S/c19-11-8-13-15(22)16(23)17(10-2-4-12(21)5-3-10)26-18(13)14(9-11)20-6-1-7-27(20,24)25/h2-5,8-9,21,23H,1,6-7,19H2. The normalized spacial score (nSPS) is 16.1. The van der Waals surface area contributed by atoms with E-state index in [2.05, 4.69) is 0 Å². The van der Waals surface area contributed by atoms with Crippen molar-refractivity contribution in [3.8, 4) is 22.8 Å². The molecule has 1 aliphatic heterocycles. The van der Waals surface area contributed by atoms with E-state index in [-0.39, 0.29) is 46.2 Å². The van der Waals surface area contributed by atoms with Gasteiger partial charge in [-0.3, -0.25) is 9.10 Å². The van der Waals surface area contributed by atoms with Crippen molar-refractivity contribution in [3.63, 3.8) is 0 Å². The third kappa shape index (κ3) is 2.76. The Hall–Kier alpha value is -3.20. The van der Waals surface area contributed by atoms with Gasteiger partial charge in [-0.05, 0) is 42.8 Å². The molecule has 4 rings (SSSR count). The van der Waals surface area contributed by atoms with Crippen LogP contribution in [0.1, 0.15) is 6.42 Å². The molecule has 1 aliphatic rings. The van der Waals surface area contributed by atoms with Crippen molar-refractivity contribution in [2.45, 2.75) is 6.42 Å². The predicted molar refractivity (Wildman–Crippen MR) is 101 cm³/mol. The number of anilines is 2. The number of nitrogens with two attached hydrogens (primary N) is 1. The zero-order valence-electron chi connectivity index (χ0n) is 14.0. The van der Waals surface area contributed by atoms with Crippen LogP contribution in [-0.2, 0) is 10.0 Å². The number of phenols is 1. The number of benzene rings is 2. The predicted octanol–water partition coefficient (Wildman–Crippen LogP) is 1.99. The molecule has 1 aromatic heterocycles. The molecule has 3 aromatic rings. The van der Waals surface area contributed by atoms with Crippen molar-refractivity contribution in [2.24, 2.45) is 0 Å². The van der Waals surface area contributed by atoms with Crippen LogP contribution in [0, 0.1) is 0 Å². The summed E-state index contributed by atoms with van der Waals surface area (Å²) in [5.41, 5.74) is 5.87. The quantitative estimate of drug-likeness (QED) is 0.572. The van der Waals surface area contributed by atoms with E-state index in [0.29, 0.717) is 12.0 Å². The van der Waals surface area contributed by atoms with Gasteiger partial charge < -0.3 is 20.4 Å². The average Bonchev–Trinajstić information content (AvgIpc) is 2.98. The molecule has 8 nitrogen and oxygen atoms in total. The summed E-state index contributed by atoms with van der Waals surface area (Å²) in [5.74, 6) is -0.724. The third-order valence-electron chi connectivity index (χ3n) is 4.47. The molecule has 0 bridgehead atoms. The van der Waals surface area contributed by atoms with E-state index in [1.807, 2.05) is 0 Å². The summed E-state index contributed by atoms with van der Waals surface area (Å²) in [5, 5.41) is 19.8. The molecule has 0 unspecified atom stereocenters. The highest BCUT2D eigenvalue weighted by molar-refractivity contribution is 7.93. The van der Waals surface area contributed by atoms with E-state index < -0.39 is 21.2 Å². The Labute approximate surface area is 154 Å². The Bertz CT molecular complexity index is 1220. The van der Waals surface area contributed by atoms with E-state index in [9.17, 15) is 23.4 Å². The molecule has 0 amide bonds. The van der Waals surface area contributed by atoms with Gasteiger partial charge in [0, 0.05) is 17.8 Å². The van der Waals surface area contributed by atoms with Gasteiger partial charge in [-0.1, -0.05) is 0 Å².